The Labute approximate surface area is 171 Å². The van der Waals surface area contributed by atoms with Crippen LogP contribution in [-0.2, 0) is 20.9 Å². The smallest absolute Gasteiger partial charge is 0.374 e. The number of benzene rings is 1. The molecule has 8 heteroatoms. The van der Waals surface area contributed by atoms with Crippen molar-refractivity contribution in [2.75, 3.05) is 11.9 Å². The molecule has 0 aliphatic heterocycles. The minimum absolute atomic E-state index is 0.0150. The van der Waals surface area contributed by atoms with Crippen molar-refractivity contribution in [2.45, 2.75) is 34.3 Å². The summed E-state index contributed by atoms with van der Waals surface area (Å²) >= 11 is 1.31. The lowest BCUT2D eigenvalue weighted by molar-refractivity contribution is -0.114. The number of carbonyl (C=O) groups excluding carboxylic acids is 3. The number of para-hydroxylation sites is 1. The van der Waals surface area contributed by atoms with E-state index in [0.717, 1.165) is 10.4 Å². The molecule has 0 aliphatic rings. The zero-order valence-electron chi connectivity index (χ0n) is 16.6. The van der Waals surface area contributed by atoms with E-state index in [1.807, 2.05) is 6.92 Å². The summed E-state index contributed by atoms with van der Waals surface area (Å²) in [6.45, 7) is 6.77. The molecule has 1 aromatic carbocycles. The molecule has 2 heterocycles. The Balaban J connectivity index is 1.91. The van der Waals surface area contributed by atoms with E-state index >= 15 is 0 Å². The standard InChI is InChI=1S/C21H21NO6S/c1-5-26-21(25)18-15(14-8-6-7-9-16(14)28-18)10-27-20(24)17-11(2)12(3)29-19(17)22-13(4)23/h6-9H,5,10H2,1-4H3,(H,22,23). The van der Waals surface area contributed by atoms with Gasteiger partial charge in [0.25, 0.3) is 0 Å². The lowest BCUT2D eigenvalue weighted by Crippen LogP contribution is -2.13. The number of esters is 2. The highest BCUT2D eigenvalue weighted by atomic mass is 32.1. The largest absolute Gasteiger partial charge is 0.460 e. The van der Waals surface area contributed by atoms with Crippen molar-refractivity contribution in [3.63, 3.8) is 0 Å². The zero-order valence-corrected chi connectivity index (χ0v) is 17.4. The van der Waals surface area contributed by atoms with Crippen molar-refractivity contribution in [1.82, 2.24) is 0 Å². The number of anilines is 1. The van der Waals surface area contributed by atoms with Gasteiger partial charge in [-0.3, -0.25) is 4.79 Å². The fourth-order valence-electron chi connectivity index (χ4n) is 2.93. The van der Waals surface area contributed by atoms with Crippen LogP contribution in [0, 0.1) is 13.8 Å². The number of nitrogens with one attached hydrogen (secondary N) is 1. The Hall–Kier alpha value is -3.13. The summed E-state index contributed by atoms with van der Waals surface area (Å²) in [5.74, 6) is -1.46. The van der Waals surface area contributed by atoms with Gasteiger partial charge in [0.1, 0.15) is 17.2 Å². The Morgan fingerprint density at radius 1 is 1.10 bits per heavy atom. The third kappa shape index (κ3) is 4.17. The predicted molar refractivity (Wildman–Crippen MR) is 109 cm³/mol. The first-order valence-electron chi connectivity index (χ1n) is 9.05. The molecular weight excluding hydrogens is 394 g/mol. The van der Waals surface area contributed by atoms with Crippen LogP contribution in [0.4, 0.5) is 5.00 Å². The summed E-state index contributed by atoms with van der Waals surface area (Å²) in [6.07, 6.45) is 0. The van der Waals surface area contributed by atoms with Gasteiger partial charge in [-0.05, 0) is 32.4 Å². The van der Waals surface area contributed by atoms with Crippen LogP contribution in [0.2, 0.25) is 0 Å². The van der Waals surface area contributed by atoms with E-state index in [0.29, 0.717) is 27.1 Å². The number of hydrogen-bond acceptors (Lipinski definition) is 7. The van der Waals surface area contributed by atoms with E-state index in [4.69, 9.17) is 13.9 Å². The number of ether oxygens (including phenoxy) is 2. The van der Waals surface area contributed by atoms with Gasteiger partial charge in [0.2, 0.25) is 11.7 Å². The molecule has 29 heavy (non-hydrogen) atoms. The molecule has 0 bridgehead atoms. The van der Waals surface area contributed by atoms with E-state index in [-0.39, 0.29) is 24.9 Å². The van der Waals surface area contributed by atoms with Gasteiger partial charge in [0.15, 0.2) is 0 Å². The maximum absolute atomic E-state index is 12.8. The van der Waals surface area contributed by atoms with Gasteiger partial charge in [-0.15, -0.1) is 11.3 Å². The van der Waals surface area contributed by atoms with Crippen molar-refractivity contribution in [1.29, 1.82) is 0 Å². The molecule has 3 aromatic rings. The van der Waals surface area contributed by atoms with Crippen molar-refractivity contribution in [2.24, 2.45) is 0 Å². The summed E-state index contributed by atoms with van der Waals surface area (Å²) in [7, 11) is 0. The molecule has 0 saturated carbocycles. The van der Waals surface area contributed by atoms with Gasteiger partial charge >= 0.3 is 11.9 Å². The average Bonchev–Trinajstić information content (AvgIpc) is 3.17. The van der Waals surface area contributed by atoms with Gasteiger partial charge < -0.3 is 19.2 Å². The molecule has 0 atom stereocenters. The van der Waals surface area contributed by atoms with E-state index in [1.54, 1.807) is 38.1 Å². The topological polar surface area (TPSA) is 94.8 Å². The van der Waals surface area contributed by atoms with Crippen LogP contribution in [-0.4, -0.2) is 24.5 Å². The Morgan fingerprint density at radius 2 is 1.83 bits per heavy atom. The second kappa shape index (κ2) is 8.48. The minimum atomic E-state index is -0.615. The fraction of sp³-hybridized carbons (Fsp3) is 0.286. The summed E-state index contributed by atoms with van der Waals surface area (Å²) in [6, 6.07) is 7.10. The second-order valence-electron chi connectivity index (χ2n) is 6.37. The monoisotopic (exact) mass is 415 g/mol. The molecule has 2 aromatic heterocycles. The minimum Gasteiger partial charge on any atom is -0.460 e. The second-order valence-corrected chi connectivity index (χ2v) is 7.60. The number of carbonyl (C=O) groups is 3. The molecule has 0 radical (unpaired) electrons. The maximum Gasteiger partial charge on any atom is 0.374 e. The number of aryl methyl sites for hydroxylation is 1. The first-order valence-corrected chi connectivity index (χ1v) is 9.87. The number of thiophene rings is 1. The van der Waals surface area contributed by atoms with Gasteiger partial charge in [-0.25, -0.2) is 9.59 Å². The predicted octanol–water partition coefficient (Wildman–Crippen LogP) is 4.60. The molecule has 0 aliphatic carbocycles. The molecule has 3 rings (SSSR count). The quantitative estimate of drug-likeness (QED) is 0.591. The third-order valence-corrected chi connectivity index (χ3v) is 5.51. The normalized spacial score (nSPS) is 10.8. The molecule has 152 valence electrons. The SMILES string of the molecule is CCOC(=O)c1oc2ccccc2c1COC(=O)c1c(NC(C)=O)sc(C)c1C. The van der Waals surface area contributed by atoms with E-state index in [1.165, 1.54) is 18.3 Å². The number of hydrogen-bond donors (Lipinski definition) is 1. The molecule has 0 spiro atoms. The molecule has 0 unspecified atom stereocenters. The summed E-state index contributed by atoms with van der Waals surface area (Å²) in [5, 5.41) is 3.79. The van der Waals surface area contributed by atoms with Crippen LogP contribution < -0.4 is 5.32 Å². The summed E-state index contributed by atoms with van der Waals surface area (Å²) in [4.78, 5) is 37.5. The van der Waals surface area contributed by atoms with Crippen molar-refractivity contribution in [3.8, 4) is 0 Å². The molecule has 0 fully saturated rings. The van der Waals surface area contributed by atoms with Crippen LogP contribution in [0.3, 0.4) is 0 Å². The van der Waals surface area contributed by atoms with Gasteiger partial charge in [-0.2, -0.15) is 0 Å². The summed E-state index contributed by atoms with van der Waals surface area (Å²) in [5.41, 5.74) is 2.00. The maximum atomic E-state index is 12.8. The highest BCUT2D eigenvalue weighted by Gasteiger charge is 2.25. The van der Waals surface area contributed by atoms with E-state index in [9.17, 15) is 14.4 Å². The lowest BCUT2D eigenvalue weighted by Gasteiger charge is -2.08. The number of rotatable bonds is 6. The van der Waals surface area contributed by atoms with Crippen molar-refractivity contribution < 1.29 is 28.3 Å². The van der Waals surface area contributed by atoms with E-state index < -0.39 is 11.9 Å². The zero-order chi connectivity index (χ0) is 21.1. The molecular formula is C21H21NO6S. The highest BCUT2D eigenvalue weighted by Crippen LogP contribution is 2.34. The first kappa shape index (κ1) is 20.6. The lowest BCUT2D eigenvalue weighted by atomic mass is 10.1. The number of amides is 1. The molecule has 0 saturated heterocycles. The summed E-state index contributed by atoms with van der Waals surface area (Å²) < 4.78 is 16.2. The molecule has 1 N–H and O–H groups in total. The average molecular weight is 415 g/mol. The van der Waals surface area contributed by atoms with Crippen molar-refractivity contribution in [3.05, 3.63) is 51.6 Å². The Bertz CT molecular complexity index is 1090. The fourth-order valence-corrected chi connectivity index (χ4v) is 4.03. The van der Waals surface area contributed by atoms with Gasteiger partial charge in [-0.1, -0.05) is 18.2 Å². The number of furan rings is 1. The molecule has 7 nitrogen and oxygen atoms in total. The van der Waals surface area contributed by atoms with Crippen LogP contribution >= 0.6 is 11.3 Å². The highest BCUT2D eigenvalue weighted by molar-refractivity contribution is 7.16. The van der Waals surface area contributed by atoms with Gasteiger partial charge in [0, 0.05) is 17.2 Å². The van der Waals surface area contributed by atoms with Gasteiger partial charge in [0.05, 0.1) is 17.7 Å². The third-order valence-electron chi connectivity index (χ3n) is 4.39. The Morgan fingerprint density at radius 3 is 2.52 bits per heavy atom. The van der Waals surface area contributed by atoms with Crippen molar-refractivity contribution >= 4 is 45.2 Å². The van der Waals surface area contributed by atoms with Crippen LogP contribution in [0.5, 0.6) is 0 Å². The first-order chi connectivity index (χ1) is 13.8. The molecule has 1 amide bonds. The van der Waals surface area contributed by atoms with Crippen LogP contribution in [0.25, 0.3) is 11.0 Å². The van der Waals surface area contributed by atoms with Crippen LogP contribution in [0.15, 0.2) is 28.7 Å². The van der Waals surface area contributed by atoms with Crippen LogP contribution in [0.1, 0.15) is 50.8 Å². The van der Waals surface area contributed by atoms with E-state index in [2.05, 4.69) is 5.32 Å². The Kier molecular flexibility index (Phi) is 6.03. The number of fused-ring (bicyclic) bond motifs is 1.